The zero-order valence-electron chi connectivity index (χ0n) is 7.50. The van der Waals surface area contributed by atoms with E-state index in [1.807, 2.05) is 13.8 Å². The van der Waals surface area contributed by atoms with Crippen LogP contribution in [0, 0.1) is 13.8 Å². The fourth-order valence-corrected chi connectivity index (χ4v) is 0. The summed E-state index contributed by atoms with van der Waals surface area (Å²) in [5.41, 5.74) is 0. The Balaban J connectivity index is -0.00000000400. The maximum absolute atomic E-state index is 3.49. The molecule has 1 nitrogen and oxygen atoms in total. The van der Waals surface area contributed by atoms with Gasteiger partial charge in [-0.2, -0.15) is 12.8 Å². The third-order valence-electron chi connectivity index (χ3n) is 0. The van der Waals surface area contributed by atoms with Gasteiger partial charge in [0.25, 0.3) is 0 Å². The molecule has 0 unspecified atom stereocenters. The first-order valence-electron chi connectivity index (χ1n) is 2.41. The molecule has 0 heterocycles. The summed E-state index contributed by atoms with van der Waals surface area (Å²) < 4.78 is 0. The van der Waals surface area contributed by atoms with Crippen LogP contribution in [-0.2, 0) is 0 Å². The molecule has 0 aromatic heterocycles. The Morgan fingerprint density at radius 2 is 0.818 bits per heavy atom. The molecule has 5 heteroatoms. The first kappa shape index (κ1) is 51.7. The molecule has 0 bridgehead atoms. The van der Waals surface area contributed by atoms with E-state index in [2.05, 4.69) is 13.8 Å². The van der Waals surface area contributed by atoms with Crippen LogP contribution in [0.25, 0.3) is 0 Å². The number of halogens is 2. The van der Waals surface area contributed by atoms with Crippen molar-refractivity contribution >= 4 is 46.1 Å². The fraction of sp³-hybridized carbons (Fsp3) is 0.667. The summed E-state index contributed by atoms with van der Waals surface area (Å²) in [4.78, 5) is 0. The quantitative estimate of drug-likeness (QED) is 0.291. The molecule has 0 saturated carbocycles. The molecule has 0 amide bonds. The second-order valence-corrected chi connectivity index (χ2v) is 1.000. The molecule has 0 aliphatic rings. The normalized spacial score (nSPS) is 3.27. The number of hydrogen-bond donors (Lipinski definition) is 0. The summed E-state index contributed by atoms with van der Waals surface area (Å²) in [6.45, 7) is 11.0. The van der Waals surface area contributed by atoms with Gasteiger partial charge in [-0.1, -0.05) is 13.8 Å². The monoisotopic (exact) mass is 222 g/mol. The van der Waals surface area contributed by atoms with Crippen LogP contribution >= 0.6 is 0 Å². The van der Waals surface area contributed by atoms with Crippen molar-refractivity contribution in [2.45, 2.75) is 26.7 Å². The summed E-state index contributed by atoms with van der Waals surface area (Å²) in [5, 5.41) is 0. The summed E-state index contributed by atoms with van der Waals surface area (Å²) in [5.74, 6) is 0. The molecule has 11 heavy (non-hydrogen) atoms. The topological polar surface area (TPSA) is 31.5 Å². The Bertz CT molecular complexity index is 20.5. The van der Waals surface area contributed by atoms with E-state index >= 15 is 0 Å². The molecular weight excluding hydrogens is 208 g/mol. The zero-order valence-corrected chi connectivity index (χ0v) is 11.8. The van der Waals surface area contributed by atoms with Gasteiger partial charge >= 0.3 is 46.1 Å². The SMILES string of the molecule is O.[CH2-]CC.[CH2-]CC.[Cl-].[Cl-].[Mg+2].[Mg+2]. The van der Waals surface area contributed by atoms with Gasteiger partial charge in [0.05, 0.1) is 0 Å². The molecule has 0 saturated heterocycles. The van der Waals surface area contributed by atoms with Gasteiger partial charge in [-0.3, -0.25) is 0 Å². The molecule has 0 atom stereocenters. The van der Waals surface area contributed by atoms with Crippen molar-refractivity contribution in [3.63, 3.8) is 0 Å². The van der Waals surface area contributed by atoms with E-state index in [1.165, 1.54) is 0 Å². The largest absolute Gasteiger partial charge is 2.00 e. The van der Waals surface area contributed by atoms with Crippen molar-refractivity contribution in [3.8, 4) is 0 Å². The van der Waals surface area contributed by atoms with Crippen molar-refractivity contribution < 1.29 is 30.3 Å². The summed E-state index contributed by atoms with van der Waals surface area (Å²) in [6.07, 6.45) is 2.00. The Hall–Kier alpha value is 2.07. The Labute approximate surface area is 116 Å². The second-order valence-electron chi connectivity index (χ2n) is 1.000. The van der Waals surface area contributed by atoms with Crippen LogP contribution in [0.1, 0.15) is 26.7 Å². The summed E-state index contributed by atoms with van der Waals surface area (Å²) in [6, 6.07) is 0. The molecule has 0 aliphatic heterocycles. The Morgan fingerprint density at radius 1 is 0.818 bits per heavy atom. The first-order valence-corrected chi connectivity index (χ1v) is 2.41. The predicted octanol–water partition coefficient (Wildman–Crippen LogP) is -5.12. The van der Waals surface area contributed by atoms with E-state index in [9.17, 15) is 0 Å². The summed E-state index contributed by atoms with van der Waals surface area (Å²) in [7, 11) is 0. The predicted molar refractivity (Wildman–Crippen MR) is 46.4 cm³/mol. The van der Waals surface area contributed by atoms with Crippen LogP contribution in [0.3, 0.4) is 0 Å². The van der Waals surface area contributed by atoms with Crippen LogP contribution in [0.5, 0.6) is 0 Å². The zero-order chi connectivity index (χ0) is 5.41. The van der Waals surface area contributed by atoms with E-state index < -0.39 is 0 Å². The minimum absolute atomic E-state index is 0. The smallest absolute Gasteiger partial charge is 1.00 e. The molecule has 0 aliphatic carbocycles. The van der Waals surface area contributed by atoms with E-state index in [4.69, 9.17) is 0 Å². The third-order valence-corrected chi connectivity index (χ3v) is 0. The molecule has 0 aromatic carbocycles. The number of rotatable bonds is 0. The minimum atomic E-state index is 0. The van der Waals surface area contributed by atoms with Crippen LogP contribution < -0.4 is 24.8 Å². The molecular formula is C6H16Cl2Mg2O. The van der Waals surface area contributed by atoms with Crippen LogP contribution in [0.4, 0.5) is 0 Å². The van der Waals surface area contributed by atoms with Crippen LogP contribution in [-0.4, -0.2) is 51.6 Å². The van der Waals surface area contributed by atoms with Gasteiger partial charge in [-0.25, -0.2) is 0 Å². The molecule has 0 aromatic rings. The molecule has 0 fully saturated rings. The van der Waals surface area contributed by atoms with Gasteiger partial charge in [0, 0.05) is 0 Å². The van der Waals surface area contributed by atoms with Gasteiger partial charge in [0.15, 0.2) is 0 Å². The molecule has 0 rings (SSSR count). The van der Waals surface area contributed by atoms with Gasteiger partial charge in [-0.05, 0) is 0 Å². The van der Waals surface area contributed by atoms with E-state index in [0.717, 1.165) is 12.8 Å². The minimum Gasteiger partial charge on any atom is -1.00 e. The van der Waals surface area contributed by atoms with Crippen molar-refractivity contribution in [3.05, 3.63) is 13.8 Å². The average Bonchev–Trinajstić information content (AvgIpc) is 1.39. The van der Waals surface area contributed by atoms with Crippen LogP contribution in [0.2, 0.25) is 0 Å². The van der Waals surface area contributed by atoms with Gasteiger partial charge in [-0.15, -0.1) is 0 Å². The summed E-state index contributed by atoms with van der Waals surface area (Å²) >= 11 is 0. The van der Waals surface area contributed by atoms with E-state index in [1.54, 1.807) is 0 Å². The van der Waals surface area contributed by atoms with Crippen molar-refractivity contribution in [2.75, 3.05) is 0 Å². The standard InChI is InChI=1S/2C3H7.2ClH.2Mg.H2O/c2*1-3-2;;;;;/h2*1,3H2,2H3;2*1H;;;1H2/q2*-1;;;2*+2;/p-2. The molecule has 0 radical (unpaired) electrons. The molecule has 0 spiro atoms. The maximum atomic E-state index is 3.49. The number of hydrogen-bond acceptors (Lipinski definition) is 0. The van der Waals surface area contributed by atoms with Crippen molar-refractivity contribution in [2.24, 2.45) is 0 Å². The van der Waals surface area contributed by atoms with Gasteiger partial charge < -0.3 is 44.1 Å². The molecule has 64 valence electrons. The van der Waals surface area contributed by atoms with Gasteiger partial charge in [0.1, 0.15) is 0 Å². The van der Waals surface area contributed by atoms with E-state index in [-0.39, 0.29) is 76.4 Å². The third kappa shape index (κ3) is 285. The van der Waals surface area contributed by atoms with E-state index in [0.29, 0.717) is 0 Å². The average molecular weight is 224 g/mol. The van der Waals surface area contributed by atoms with Crippen molar-refractivity contribution in [1.29, 1.82) is 0 Å². The first-order chi connectivity index (χ1) is 2.83. The van der Waals surface area contributed by atoms with Crippen LogP contribution in [0.15, 0.2) is 0 Å². The molecule has 2 N–H and O–H groups in total. The maximum Gasteiger partial charge on any atom is 2.00 e. The van der Waals surface area contributed by atoms with Crippen molar-refractivity contribution in [1.82, 2.24) is 0 Å². The van der Waals surface area contributed by atoms with Gasteiger partial charge in [0.2, 0.25) is 0 Å². The Morgan fingerprint density at radius 3 is 0.818 bits per heavy atom. The second kappa shape index (κ2) is 89.2. The fourth-order valence-electron chi connectivity index (χ4n) is 0. The Kier molecular flexibility index (Phi) is 419.